The Labute approximate surface area is 138 Å². The number of amides is 1. The molecule has 122 valence electrons. The van der Waals surface area contributed by atoms with Crippen LogP contribution in [0.2, 0.25) is 5.02 Å². The van der Waals surface area contributed by atoms with Crippen LogP contribution in [-0.2, 0) is 10.3 Å². The van der Waals surface area contributed by atoms with Crippen molar-refractivity contribution >= 4 is 23.2 Å². The molecule has 0 bridgehead atoms. The highest BCUT2D eigenvalue weighted by Gasteiger charge is 2.23. The zero-order valence-electron chi connectivity index (χ0n) is 12.8. The zero-order valence-corrected chi connectivity index (χ0v) is 13.5. The van der Waals surface area contributed by atoms with Crippen LogP contribution >= 0.6 is 11.6 Å². The molecule has 0 spiro atoms. The Morgan fingerprint density at radius 2 is 1.70 bits per heavy atom. The van der Waals surface area contributed by atoms with Gasteiger partial charge in [0.05, 0.1) is 6.54 Å². The molecule has 0 saturated carbocycles. The van der Waals surface area contributed by atoms with Gasteiger partial charge >= 0.3 is 0 Å². The third kappa shape index (κ3) is 4.74. The van der Waals surface area contributed by atoms with E-state index in [1.807, 2.05) is 13.8 Å². The van der Waals surface area contributed by atoms with Gasteiger partial charge in [-0.3, -0.25) is 10.1 Å². The lowest BCUT2D eigenvalue weighted by Gasteiger charge is -2.27. The zero-order chi connectivity index (χ0) is 17.0. The molecule has 0 saturated heterocycles. The van der Waals surface area contributed by atoms with Gasteiger partial charge in [-0.1, -0.05) is 17.7 Å². The van der Waals surface area contributed by atoms with Crippen molar-refractivity contribution in [3.8, 4) is 0 Å². The summed E-state index contributed by atoms with van der Waals surface area (Å²) in [6, 6.07) is 9.64. The fourth-order valence-corrected chi connectivity index (χ4v) is 2.53. The Morgan fingerprint density at radius 1 is 1.09 bits per heavy atom. The Balaban J connectivity index is 1.98. The topological polar surface area (TPSA) is 41.1 Å². The monoisotopic (exact) mass is 338 g/mol. The number of hydrogen-bond acceptors (Lipinski definition) is 2. The van der Waals surface area contributed by atoms with Gasteiger partial charge in [0.1, 0.15) is 11.6 Å². The minimum absolute atomic E-state index is 0.0259. The summed E-state index contributed by atoms with van der Waals surface area (Å²) >= 11 is 6.06. The second kappa shape index (κ2) is 7.06. The molecule has 0 radical (unpaired) electrons. The molecule has 2 aromatic carbocycles. The van der Waals surface area contributed by atoms with Crippen LogP contribution in [0.4, 0.5) is 14.5 Å². The molecule has 6 heteroatoms. The van der Waals surface area contributed by atoms with Crippen LogP contribution in [0.25, 0.3) is 0 Å². The van der Waals surface area contributed by atoms with Crippen LogP contribution in [0.15, 0.2) is 42.5 Å². The predicted octanol–water partition coefficient (Wildman–Crippen LogP) is 4.08. The SMILES string of the molecule is CC(C)(NCC(=O)Nc1ccc(F)cc1)c1ccc(F)cc1Cl. The molecule has 0 atom stereocenters. The van der Waals surface area contributed by atoms with Crippen molar-refractivity contribution < 1.29 is 13.6 Å². The molecule has 2 rings (SSSR count). The van der Waals surface area contributed by atoms with E-state index < -0.39 is 11.4 Å². The van der Waals surface area contributed by atoms with E-state index in [1.165, 1.54) is 36.4 Å². The van der Waals surface area contributed by atoms with Gasteiger partial charge in [-0.15, -0.1) is 0 Å². The standard InChI is InChI=1S/C17H17ClF2N2O/c1-17(2,14-8-5-12(20)9-15(14)18)21-10-16(23)22-13-6-3-11(19)4-7-13/h3-9,21H,10H2,1-2H3,(H,22,23). The molecule has 0 aromatic heterocycles. The van der Waals surface area contributed by atoms with Crippen molar-refractivity contribution in [1.29, 1.82) is 0 Å². The third-order valence-electron chi connectivity index (χ3n) is 3.42. The van der Waals surface area contributed by atoms with Crippen LogP contribution in [0, 0.1) is 11.6 Å². The highest BCUT2D eigenvalue weighted by molar-refractivity contribution is 6.31. The first-order valence-electron chi connectivity index (χ1n) is 7.04. The van der Waals surface area contributed by atoms with E-state index in [2.05, 4.69) is 10.6 Å². The highest BCUT2D eigenvalue weighted by Crippen LogP contribution is 2.28. The van der Waals surface area contributed by atoms with Crippen molar-refractivity contribution in [1.82, 2.24) is 5.32 Å². The maximum atomic E-state index is 13.1. The van der Waals surface area contributed by atoms with Crippen LogP contribution in [0.5, 0.6) is 0 Å². The molecular formula is C17H17ClF2N2O. The van der Waals surface area contributed by atoms with Gasteiger partial charge in [0.15, 0.2) is 0 Å². The molecule has 0 unspecified atom stereocenters. The molecule has 3 nitrogen and oxygen atoms in total. The normalized spacial score (nSPS) is 11.3. The van der Waals surface area contributed by atoms with E-state index in [4.69, 9.17) is 11.6 Å². The largest absolute Gasteiger partial charge is 0.325 e. The second-order valence-corrected chi connectivity index (χ2v) is 6.06. The number of carbonyl (C=O) groups is 1. The number of anilines is 1. The minimum Gasteiger partial charge on any atom is -0.325 e. The van der Waals surface area contributed by atoms with Crippen molar-refractivity contribution in [2.75, 3.05) is 11.9 Å². The summed E-state index contributed by atoms with van der Waals surface area (Å²) in [5, 5.41) is 6.02. The molecule has 0 aliphatic rings. The molecule has 0 aliphatic heterocycles. The number of halogens is 3. The minimum atomic E-state index is -0.620. The molecule has 2 aromatic rings. The summed E-state index contributed by atoms with van der Waals surface area (Å²) in [6.07, 6.45) is 0. The molecule has 0 heterocycles. The summed E-state index contributed by atoms with van der Waals surface area (Å²) in [5.74, 6) is -1.06. The lowest BCUT2D eigenvalue weighted by atomic mass is 9.94. The number of rotatable bonds is 5. The smallest absolute Gasteiger partial charge is 0.238 e. The number of nitrogens with one attached hydrogen (secondary N) is 2. The Bertz CT molecular complexity index is 702. The van der Waals surface area contributed by atoms with Crippen LogP contribution in [-0.4, -0.2) is 12.5 Å². The maximum absolute atomic E-state index is 13.1. The van der Waals surface area contributed by atoms with Gasteiger partial charge in [-0.25, -0.2) is 8.78 Å². The highest BCUT2D eigenvalue weighted by atomic mass is 35.5. The van der Waals surface area contributed by atoms with E-state index in [1.54, 1.807) is 6.07 Å². The lowest BCUT2D eigenvalue weighted by molar-refractivity contribution is -0.115. The fraction of sp³-hybridized carbons (Fsp3) is 0.235. The lowest BCUT2D eigenvalue weighted by Crippen LogP contribution is -2.41. The molecule has 2 N–H and O–H groups in total. The average molecular weight is 339 g/mol. The molecule has 0 aliphatic carbocycles. The van der Waals surface area contributed by atoms with Gasteiger partial charge in [-0.2, -0.15) is 0 Å². The quantitative estimate of drug-likeness (QED) is 0.862. The fourth-order valence-electron chi connectivity index (χ4n) is 2.13. The molecule has 0 fully saturated rings. The Hall–Kier alpha value is -1.98. The first kappa shape index (κ1) is 17.4. The number of benzene rings is 2. The van der Waals surface area contributed by atoms with Crippen molar-refractivity contribution in [2.24, 2.45) is 0 Å². The van der Waals surface area contributed by atoms with Crippen LogP contribution in [0.1, 0.15) is 19.4 Å². The van der Waals surface area contributed by atoms with E-state index >= 15 is 0 Å². The van der Waals surface area contributed by atoms with E-state index in [9.17, 15) is 13.6 Å². The number of hydrogen-bond donors (Lipinski definition) is 2. The van der Waals surface area contributed by atoms with Gasteiger partial charge in [0.25, 0.3) is 0 Å². The summed E-state index contributed by atoms with van der Waals surface area (Å²) < 4.78 is 25.9. The average Bonchev–Trinajstić information content (AvgIpc) is 2.47. The van der Waals surface area contributed by atoms with Gasteiger partial charge in [-0.05, 0) is 55.8 Å². The Kier molecular flexibility index (Phi) is 5.34. The van der Waals surface area contributed by atoms with E-state index in [-0.39, 0.29) is 18.3 Å². The van der Waals surface area contributed by atoms with Crippen LogP contribution in [0.3, 0.4) is 0 Å². The van der Waals surface area contributed by atoms with E-state index in [0.717, 1.165) is 0 Å². The molecule has 23 heavy (non-hydrogen) atoms. The van der Waals surface area contributed by atoms with Crippen molar-refractivity contribution in [3.63, 3.8) is 0 Å². The van der Waals surface area contributed by atoms with Crippen molar-refractivity contribution in [3.05, 3.63) is 64.7 Å². The summed E-state index contributed by atoms with van der Waals surface area (Å²) in [4.78, 5) is 12.0. The second-order valence-electron chi connectivity index (χ2n) is 5.66. The predicted molar refractivity (Wildman–Crippen MR) is 87.5 cm³/mol. The van der Waals surface area contributed by atoms with E-state index in [0.29, 0.717) is 16.3 Å². The molecule has 1 amide bonds. The first-order chi connectivity index (χ1) is 10.8. The maximum Gasteiger partial charge on any atom is 0.238 e. The number of carbonyl (C=O) groups excluding carboxylic acids is 1. The van der Waals surface area contributed by atoms with Crippen LogP contribution < -0.4 is 10.6 Å². The third-order valence-corrected chi connectivity index (χ3v) is 3.74. The van der Waals surface area contributed by atoms with Gasteiger partial charge in [0.2, 0.25) is 5.91 Å². The summed E-state index contributed by atoms with van der Waals surface area (Å²) in [6.45, 7) is 3.71. The van der Waals surface area contributed by atoms with Crippen molar-refractivity contribution in [2.45, 2.75) is 19.4 Å². The first-order valence-corrected chi connectivity index (χ1v) is 7.42. The van der Waals surface area contributed by atoms with Gasteiger partial charge < -0.3 is 5.32 Å². The summed E-state index contributed by atoms with van der Waals surface area (Å²) in [5.41, 5.74) is 0.580. The van der Waals surface area contributed by atoms with Gasteiger partial charge in [0, 0.05) is 16.2 Å². The summed E-state index contributed by atoms with van der Waals surface area (Å²) in [7, 11) is 0. The Morgan fingerprint density at radius 3 is 2.30 bits per heavy atom. The molecular weight excluding hydrogens is 322 g/mol.